The van der Waals surface area contributed by atoms with Crippen molar-refractivity contribution in [3.05, 3.63) is 40.1 Å². The number of rotatable bonds is 5. The lowest BCUT2D eigenvalue weighted by Crippen LogP contribution is -2.50. The lowest BCUT2D eigenvalue weighted by Gasteiger charge is -2.35. The number of amides is 2. The second-order valence-electron chi connectivity index (χ2n) is 6.61. The molecule has 3 rings (SSSR count). The zero-order chi connectivity index (χ0) is 18.4. The second-order valence-corrected chi connectivity index (χ2v) is 6.61. The maximum Gasteiger partial charge on any atom is 0.274 e. The van der Waals surface area contributed by atoms with E-state index >= 15 is 0 Å². The van der Waals surface area contributed by atoms with Crippen LogP contribution < -0.4 is 10.9 Å². The van der Waals surface area contributed by atoms with Crippen molar-refractivity contribution < 1.29 is 14.3 Å². The molecule has 1 aliphatic carbocycles. The van der Waals surface area contributed by atoms with Crippen molar-refractivity contribution in [2.45, 2.75) is 38.1 Å². The van der Waals surface area contributed by atoms with Crippen molar-refractivity contribution in [2.24, 2.45) is 0 Å². The number of hydrogen-bond acceptors (Lipinski definition) is 5. The fourth-order valence-corrected chi connectivity index (χ4v) is 3.26. The Morgan fingerprint density at radius 1 is 1.38 bits per heavy atom. The number of morpholine rings is 1. The Hall–Kier alpha value is -2.48. The summed E-state index contributed by atoms with van der Waals surface area (Å²) in [5.41, 5.74) is 1.07. The summed E-state index contributed by atoms with van der Waals surface area (Å²) in [5.74, 6) is -0.406. The lowest BCUT2D eigenvalue weighted by atomic mass is 9.99. The highest BCUT2D eigenvalue weighted by atomic mass is 16.5. The van der Waals surface area contributed by atoms with Gasteiger partial charge >= 0.3 is 0 Å². The highest BCUT2D eigenvalue weighted by Crippen LogP contribution is 2.17. The predicted molar refractivity (Wildman–Crippen MR) is 94.7 cm³/mol. The Morgan fingerprint density at radius 3 is 3.00 bits per heavy atom. The maximum absolute atomic E-state index is 12.7. The molecule has 8 heteroatoms. The van der Waals surface area contributed by atoms with Crippen molar-refractivity contribution >= 4 is 11.8 Å². The fraction of sp³-hybridized carbons (Fsp3) is 0.556. The summed E-state index contributed by atoms with van der Waals surface area (Å²) in [7, 11) is 0. The van der Waals surface area contributed by atoms with Gasteiger partial charge in [-0.3, -0.25) is 14.4 Å². The van der Waals surface area contributed by atoms with Gasteiger partial charge in [0.25, 0.3) is 11.5 Å². The van der Waals surface area contributed by atoms with E-state index in [9.17, 15) is 14.4 Å². The Bertz CT molecular complexity index is 722. The Labute approximate surface area is 151 Å². The van der Waals surface area contributed by atoms with Crippen molar-refractivity contribution in [2.75, 3.05) is 26.3 Å². The third-order valence-corrected chi connectivity index (χ3v) is 4.70. The number of carbonyl (C=O) groups is 2. The topological polar surface area (TPSA) is 104 Å². The molecule has 140 valence electrons. The predicted octanol–water partition coefficient (Wildman–Crippen LogP) is 0.618. The summed E-state index contributed by atoms with van der Waals surface area (Å²) in [6.45, 7) is 1.69. The van der Waals surface area contributed by atoms with E-state index in [1.807, 2.05) is 0 Å². The van der Waals surface area contributed by atoms with Gasteiger partial charge in [-0.05, 0) is 25.7 Å². The highest BCUT2D eigenvalue weighted by molar-refractivity contribution is 5.92. The summed E-state index contributed by atoms with van der Waals surface area (Å²) in [5, 5.41) is 2.94. The molecule has 0 radical (unpaired) electrons. The summed E-state index contributed by atoms with van der Waals surface area (Å²) in [4.78, 5) is 44.0. The largest absolute Gasteiger partial charge is 0.377 e. The van der Waals surface area contributed by atoms with Crippen LogP contribution in [0.4, 0.5) is 0 Å². The first-order valence-corrected chi connectivity index (χ1v) is 9.01. The van der Waals surface area contributed by atoms with Crippen LogP contribution in [0.25, 0.3) is 0 Å². The standard InChI is InChI=1S/C18H24N4O4/c23-16(20-9-13-4-2-1-3-5-13)8-14-12-26-7-6-22(14)18(25)15-10-21-17(24)11-19-15/h4,10-11,14H,1-3,5-9,12H2,(H,20,23)(H,21,24)/t14-/m1/s1. The first-order chi connectivity index (χ1) is 12.6. The summed E-state index contributed by atoms with van der Waals surface area (Å²) in [6.07, 6.45) is 9.26. The molecule has 1 aliphatic heterocycles. The molecule has 1 atom stereocenters. The van der Waals surface area contributed by atoms with Crippen LogP contribution in [0.3, 0.4) is 0 Å². The normalized spacial score (nSPS) is 20.4. The monoisotopic (exact) mass is 360 g/mol. The van der Waals surface area contributed by atoms with E-state index in [0.717, 1.165) is 19.0 Å². The van der Waals surface area contributed by atoms with Gasteiger partial charge in [0.2, 0.25) is 5.91 Å². The number of aromatic amines is 1. The molecule has 2 aliphatic rings. The minimum Gasteiger partial charge on any atom is -0.377 e. The van der Waals surface area contributed by atoms with Crippen LogP contribution in [0.15, 0.2) is 28.8 Å². The number of carbonyl (C=O) groups excluding carboxylic acids is 2. The summed E-state index contributed by atoms with van der Waals surface area (Å²) >= 11 is 0. The highest BCUT2D eigenvalue weighted by Gasteiger charge is 2.30. The van der Waals surface area contributed by atoms with E-state index in [1.54, 1.807) is 4.90 Å². The molecule has 0 aromatic carbocycles. The molecule has 26 heavy (non-hydrogen) atoms. The van der Waals surface area contributed by atoms with E-state index < -0.39 is 0 Å². The average molecular weight is 360 g/mol. The number of nitrogens with zero attached hydrogens (tertiary/aromatic N) is 2. The molecular formula is C18H24N4O4. The fourth-order valence-electron chi connectivity index (χ4n) is 3.26. The van der Waals surface area contributed by atoms with Gasteiger partial charge in [0.1, 0.15) is 5.69 Å². The molecule has 2 heterocycles. The molecule has 0 spiro atoms. The number of allylic oxidation sites excluding steroid dienone is 1. The molecule has 2 N–H and O–H groups in total. The second kappa shape index (κ2) is 8.75. The van der Waals surface area contributed by atoms with Gasteiger partial charge in [0.15, 0.2) is 0 Å². The minimum atomic E-state index is -0.364. The van der Waals surface area contributed by atoms with Gasteiger partial charge in [-0.2, -0.15) is 0 Å². The minimum absolute atomic E-state index is 0.0980. The average Bonchev–Trinajstić information content (AvgIpc) is 2.68. The van der Waals surface area contributed by atoms with E-state index in [-0.39, 0.29) is 35.5 Å². The van der Waals surface area contributed by atoms with Crippen LogP contribution in [-0.4, -0.2) is 59.0 Å². The van der Waals surface area contributed by atoms with E-state index in [0.29, 0.717) is 26.3 Å². The Morgan fingerprint density at radius 2 is 2.27 bits per heavy atom. The third-order valence-electron chi connectivity index (χ3n) is 4.70. The van der Waals surface area contributed by atoms with E-state index in [4.69, 9.17) is 4.74 Å². The van der Waals surface area contributed by atoms with Crippen molar-refractivity contribution in [3.63, 3.8) is 0 Å². The number of ether oxygens (including phenoxy) is 1. The Kier molecular flexibility index (Phi) is 6.17. The third kappa shape index (κ3) is 4.78. The van der Waals surface area contributed by atoms with Gasteiger partial charge in [0.05, 0.1) is 25.5 Å². The molecule has 1 saturated heterocycles. The maximum atomic E-state index is 12.7. The van der Waals surface area contributed by atoms with Crippen LogP contribution in [-0.2, 0) is 9.53 Å². The van der Waals surface area contributed by atoms with E-state index in [1.165, 1.54) is 24.6 Å². The number of H-pyrrole nitrogens is 1. The van der Waals surface area contributed by atoms with Gasteiger partial charge in [0, 0.05) is 25.7 Å². The number of aromatic nitrogens is 2. The molecule has 0 saturated carbocycles. The first-order valence-electron chi connectivity index (χ1n) is 9.01. The first kappa shape index (κ1) is 18.3. The molecular weight excluding hydrogens is 336 g/mol. The van der Waals surface area contributed by atoms with Gasteiger partial charge in [-0.1, -0.05) is 11.6 Å². The zero-order valence-electron chi connectivity index (χ0n) is 14.7. The quantitative estimate of drug-likeness (QED) is 0.749. The SMILES string of the molecule is O=C(C[C@@H]1COCCN1C(=O)c1c[nH]c(=O)cn1)NCC1=CCCCC1. The molecule has 8 nitrogen and oxygen atoms in total. The lowest BCUT2D eigenvalue weighted by molar-refractivity contribution is -0.123. The molecule has 1 aromatic heterocycles. The van der Waals surface area contributed by atoms with Crippen molar-refractivity contribution in [3.8, 4) is 0 Å². The summed E-state index contributed by atoms with van der Waals surface area (Å²) in [6, 6.07) is -0.342. The van der Waals surface area contributed by atoms with Crippen LogP contribution in [0.2, 0.25) is 0 Å². The Balaban J connectivity index is 1.58. The van der Waals surface area contributed by atoms with Crippen LogP contribution >= 0.6 is 0 Å². The number of hydrogen-bond donors (Lipinski definition) is 2. The van der Waals surface area contributed by atoms with Crippen LogP contribution in [0, 0.1) is 0 Å². The smallest absolute Gasteiger partial charge is 0.274 e. The number of nitrogens with one attached hydrogen (secondary N) is 2. The van der Waals surface area contributed by atoms with Crippen LogP contribution in [0.1, 0.15) is 42.6 Å². The zero-order valence-corrected chi connectivity index (χ0v) is 14.7. The summed E-state index contributed by atoms with van der Waals surface area (Å²) < 4.78 is 5.45. The van der Waals surface area contributed by atoms with Gasteiger partial charge in [-0.25, -0.2) is 4.98 Å². The molecule has 1 fully saturated rings. The molecule has 1 aromatic rings. The molecule has 0 unspecified atom stereocenters. The van der Waals surface area contributed by atoms with Crippen molar-refractivity contribution in [1.29, 1.82) is 0 Å². The van der Waals surface area contributed by atoms with Gasteiger partial charge in [-0.15, -0.1) is 0 Å². The molecule has 2 amide bonds. The van der Waals surface area contributed by atoms with Crippen LogP contribution in [0.5, 0.6) is 0 Å². The van der Waals surface area contributed by atoms with E-state index in [2.05, 4.69) is 21.4 Å². The van der Waals surface area contributed by atoms with Gasteiger partial charge < -0.3 is 19.9 Å². The van der Waals surface area contributed by atoms with Crippen molar-refractivity contribution in [1.82, 2.24) is 20.2 Å². The molecule has 0 bridgehead atoms.